The number of carbonyl (C=O) groups excluding carboxylic acids is 2. The fourth-order valence-electron chi connectivity index (χ4n) is 7.02. The van der Waals surface area contributed by atoms with Gasteiger partial charge in [0.25, 0.3) is 11.8 Å². The topological polar surface area (TPSA) is 166 Å². The number of alkyl halides is 1. The van der Waals surface area contributed by atoms with Gasteiger partial charge in [0.2, 0.25) is 0 Å². The molecule has 13 heteroatoms. The minimum Gasteiger partial charge on any atom is -0.338 e. The third kappa shape index (κ3) is 13.1. The van der Waals surface area contributed by atoms with Crippen molar-refractivity contribution >= 4 is 27.7 Å². The van der Waals surface area contributed by atoms with Crippen molar-refractivity contribution in [1.29, 1.82) is 10.5 Å². The van der Waals surface area contributed by atoms with Crippen molar-refractivity contribution in [3.8, 4) is 34.7 Å². The molecule has 8 rings (SSSR count). The van der Waals surface area contributed by atoms with Crippen LogP contribution in [0.2, 0.25) is 0 Å². The second-order valence-corrected chi connectivity index (χ2v) is 14.7. The van der Waals surface area contributed by atoms with Gasteiger partial charge in [-0.25, -0.2) is 0 Å². The molecule has 0 N–H and O–H groups in total. The summed E-state index contributed by atoms with van der Waals surface area (Å²) in [4.78, 5) is 54.4. The Kier molecular flexibility index (Phi) is 20.2. The lowest BCUT2D eigenvalue weighted by Crippen LogP contribution is -2.43. The van der Waals surface area contributed by atoms with Gasteiger partial charge in [0.15, 0.2) is 0 Å². The van der Waals surface area contributed by atoms with E-state index in [1.165, 1.54) is 5.56 Å². The number of nitrogens with zero attached hydrogens (tertiary/aromatic N) is 10. The summed E-state index contributed by atoms with van der Waals surface area (Å²) in [5.74, 6) is 0.00859. The van der Waals surface area contributed by atoms with E-state index in [0.29, 0.717) is 68.0 Å². The van der Waals surface area contributed by atoms with Crippen LogP contribution >= 0.6 is 15.9 Å². The molecule has 0 bridgehead atoms. The number of hydrogen-bond acceptors (Lipinski definition) is 10. The van der Waals surface area contributed by atoms with Gasteiger partial charge in [-0.2, -0.15) is 10.5 Å². The van der Waals surface area contributed by atoms with E-state index in [1.807, 2.05) is 70.5 Å². The second kappa shape index (κ2) is 25.2. The number of likely N-dealkylation sites (tertiary alicyclic amines) is 2. The van der Waals surface area contributed by atoms with Gasteiger partial charge in [-0.05, 0) is 116 Å². The first-order valence-electron chi connectivity index (χ1n) is 19.4. The zero-order chi connectivity index (χ0) is 41.3. The smallest absolute Gasteiger partial charge is 0.256 e. The number of aromatic nitrogens is 6. The summed E-state index contributed by atoms with van der Waals surface area (Å²) in [7, 11) is 0. The van der Waals surface area contributed by atoms with E-state index < -0.39 is 5.41 Å². The molecule has 0 saturated carbocycles. The lowest BCUT2D eigenvalue weighted by atomic mass is 9.75. The summed E-state index contributed by atoms with van der Waals surface area (Å²) >= 11 is 3.33. The zero-order valence-corrected chi connectivity index (χ0v) is 34.1. The first kappa shape index (κ1) is 49.7. The molecule has 6 aromatic heterocycles. The lowest BCUT2D eigenvalue weighted by Gasteiger charge is -2.37. The van der Waals surface area contributed by atoms with Gasteiger partial charge in [0.1, 0.15) is 0 Å². The van der Waals surface area contributed by atoms with Crippen molar-refractivity contribution in [1.82, 2.24) is 39.7 Å². The molecule has 320 valence electrons. The number of amides is 2. The van der Waals surface area contributed by atoms with Gasteiger partial charge in [0.05, 0.1) is 40.1 Å². The average molecular weight is 896 g/mol. The summed E-state index contributed by atoms with van der Waals surface area (Å²) in [6, 6.07) is 27.3. The molecule has 2 amide bonds. The van der Waals surface area contributed by atoms with Crippen LogP contribution in [0.3, 0.4) is 0 Å². The third-order valence-electron chi connectivity index (χ3n) is 10.4. The monoisotopic (exact) mass is 894 g/mol. The molecule has 62 heavy (non-hydrogen) atoms. The Balaban J connectivity index is 0.000000275. The summed E-state index contributed by atoms with van der Waals surface area (Å²) in [6.45, 7) is 2.37. The Bertz CT molecular complexity index is 2340. The van der Waals surface area contributed by atoms with Crippen LogP contribution in [0.5, 0.6) is 0 Å². The van der Waals surface area contributed by atoms with Crippen LogP contribution in [0.15, 0.2) is 135 Å². The van der Waals surface area contributed by atoms with Crippen LogP contribution in [-0.2, 0) is 11.8 Å². The molecular weight excluding hydrogens is 841 g/mol. The van der Waals surface area contributed by atoms with E-state index >= 15 is 0 Å². The molecule has 0 atom stereocenters. The van der Waals surface area contributed by atoms with Crippen LogP contribution in [0.4, 0.5) is 0 Å². The minimum atomic E-state index is -0.443. The molecule has 2 aliphatic rings. The van der Waals surface area contributed by atoms with Crippen LogP contribution in [0.1, 0.15) is 79.8 Å². The van der Waals surface area contributed by atoms with Gasteiger partial charge >= 0.3 is 0 Å². The maximum atomic E-state index is 13.2. The highest BCUT2D eigenvalue weighted by molar-refractivity contribution is 9.08. The number of pyridine rings is 6. The Morgan fingerprint density at radius 3 is 1.39 bits per heavy atom. The normalized spacial score (nSPS) is 13.9. The highest BCUT2D eigenvalue weighted by Crippen LogP contribution is 2.35. The number of piperidine rings is 2. The Morgan fingerprint density at radius 2 is 1.00 bits per heavy atom. The van der Waals surface area contributed by atoms with Gasteiger partial charge in [-0.1, -0.05) is 38.2 Å². The molecule has 6 aromatic rings. The minimum absolute atomic E-state index is 0. The van der Waals surface area contributed by atoms with Crippen molar-refractivity contribution in [2.24, 2.45) is 11.3 Å². The molecular formula is C49H55BrN10O2. The second-order valence-electron chi connectivity index (χ2n) is 14.2. The first-order valence-corrected chi connectivity index (χ1v) is 20.5. The Morgan fingerprint density at radius 1 is 0.597 bits per heavy atom. The maximum Gasteiger partial charge on any atom is 0.256 e. The van der Waals surface area contributed by atoms with Crippen molar-refractivity contribution < 1.29 is 9.59 Å². The predicted molar refractivity (Wildman–Crippen MR) is 247 cm³/mol. The fourth-order valence-corrected chi connectivity index (χ4v) is 7.39. The summed E-state index contributed by atoms with van der Waals surface area (Å²) in [5.41, 5.74) is 6.19. The molecule has 0 aliphatic carbocycles. The largest absolute Gasteiger partial charge is 0.338 e. The molecule has 2 aliphatic heterocycles. The summed E-state index contributed by atoms with van der Waals surface area (Å²) in [5, 5.41) is 19.7. The van der Waals surface area contributed by atoms with E-state index in [0.717, 1.165) is 34.9 Å². The quantitative estimate of drug-likeness (QED) is 0.141. The lowest BCUT2D eigenvalue weighted by molar-refractivity contribution is 0.0646. The highest BCUT2D eigenvalue weighted by Gasteiger charge is 2.37. The van der Waals surface area contributed by atoms with Crippen molar-refractivity contribution in [3.63, 3.8) is 0 Å². The van der Waals surface area contributed by atoms with E-state index in [2.05, 4.69) is 58.0 Å². The first-order chi connectivity index (χ1) is 28.9. The third-order valence-corrected chi connectivity index (χ3v) is 11.0. The summed E-state index contributed by atoms with van der Waals surface area (Å²) < 4.78 is 0. The van der Waals surface area contributed by atoms with Crippen molar-refractivity contribution in [3.05, 3.63) is 157 Å². The standard InChI is InChI=1S/C23H21N5O.C17H16N4O.C6H6BrN.3CH4/c24-17-23(16-18-3-10-25-11-4-18)7-14-28(15-8-23)22(29)20-2-1-9-27-21(20)19-5-12-26-13-6-19;18-12-13-5-10-21(11-6-13)17(22)15-2-1-7-20-16(15)14-3-8-19-9-4-14;7-5-6-1-3-8-4-2-6;;;/h1-6,9-13H,7-8,14-16H2;1-4,7-9,13H,5-6,10-11H2;1-4H,5H2;3*1H4. The molecule has 0 radical (unpaired) electrons. The SMILES string of the molecule is BrCc1ccncc1.C.C.C.N#CC1(Cc2ccncc2)CCN(C(=O)c2cccnc2-c2ccncc2)CC1.N#CC1CCN(C(=O)c2cccnc2-c2ccncc2)CC1. The van der Waals surface area contributed by atoms with Gasteiger partial charge in [-0.3, -0.25) is 39.5 Å². The zero-order valence-electron chi connectivity index (χ0n) is 32.5. The molecule has 2 fully saturated rings. The van der Waals surface area contributed by atoms with Crippen molar-refractivity contribution in [2.75, 3.05) is 26.2 Å². The van der Waals surface area contributed by atoms with E-state index in [4.69, 9.17) is 5.26 Å². The maximum absolute atomic E-state index is 13.2. The number of hydrogen-bond donors (Lipinski definition) is 0. The van der Waals surface area contributed by atoms with Crippen molar-refractivity contribution in [2.45, 2.75) is 59.7 Å². The molecule has 2 saturated heterocycles. The van der Waals surface area contributed by atoms with E-state index in [9.17, 15) is 14.9 Å². The summed E-state index contributed by atoms with van der Waals surface area (Å²) in [6.07, 6.45) is 20.7. The Hall–Kier alpha value is -6.70. The van der Waals surface area contributed by atoms with Crippen LogP contribution in [-0.4, -0.2) is 77.7 Å². The number of nitriles is 2. The number of halogens is 1. The van der Waals surface area contributed by atoms with Gasteiger partial charge in [0, 0.05) is 111 Å². The van der Waals surface area contributed by atoms with Gasteiger partial charge < -0.3 is 9.80 Å². The van der Waals surface area contributed by atoms with Crippen LogP contribution in [0.25, 0.3) is 22.5 Å². The average Bonchev–Trinajstić information content (AvgIpc) is 3.33. The number of carbonyl (C=O) groups is 2. The molecule has 0 spiro atoms. The van der Waals surface area contributed by atoms with Crippen LogP contribution in [0, 0.1) is 34.0 Å². The van der Waals surface area contributed by atoms with Crippen LogP contribution < -0.4 is 0 Å². The van der Waals surface area contributed by atoms with E-state index in [-0.39, 0.29) is 40.0 Å². The highest BCUT2D eigenvalue weighted by atomic mass is 79.9. The van der Waals surface area contributed by atoms with Gasteiger partial charge in [-0.15, -0.1) is 0 Å². The number of rotatable bonds is 7. The molecule has 0 unspecified atom stereocenters. The van der Waals surface area contributed by atoms with E-state index in [1.54, 1.807) is 74.1 Å². The molecule has 0 aromatic carbocycles. The predicted octanol–water partition coefficient (Wildman–Crippen LogP) is 9.93. The molecule has 12 nitrogen and oxygen atoms in total. The Labute approximate surface area is 374 Å². The fraction of sp³-hybridized carbons (Fsp3) is 0.306. The molecule has 8 heterocycles.